The zero-order valence-electron chi connectivity index (χ0n) is 23.1. The molecule has 0 spiro atoms. The molecular formula is C30H28O12. The van der Waals surface area contributed by atoms with Crippen LogP contribution < -0.4 is 0 Å². The summed E-state index contributed by atoms with van der Waals surface area (Å²) < 4.78 is 33.7. The van der Waals surface area contributed by atoms with Gasteiger partial charge in [-0.25, -0.2) is 19.2 Å². The van der Waals surface area contributed by atoms with E-state index in [2.05, 4.69) is 0 Å². The fourth-order valence-electron chi connectivity index (χ4n) is 17.6. The van der Waals surface area contributed by atoms with Crippen molar-refractivity contribution in [3.63, 3.8) is 0 Å². The summed E-state index contributed by atoms with van der Waals surface area (Å²) in [5.41, 5.74) is -4.60. The van der Waals surface area contributed by atoms with Crippen LogP contribution in [-0.4, -0.2) is 75.5 Å². The molecule has 0 heterocycles. The van der Waals surface area contributed by atoms with E-state index in [9.17, 15) is 28.8 Å². The quantitative estimate of drug-likeness (QED) is 0.233. The first kappa shape index (κ1) is 23.3. The Hall–Kier alpha value is -3.18. The summed E-state index contributed by atoms with van der Waals surface area (Å²) in [5.74, 6) is -7.34. The van der Waals surface area contributed by atoms with Gasteiger partial charge in [0.25, 0.3) is 0 Å². The molecule has 12 nitrogen and oxygen atoms in total. The maximum atomic E-state index is 14.4. The number of esters is 6. The van der Waals surface area contributed by atoms with E-state index in [0.29, 0.717) is 0 Å². The van der Waals surface area contributed by atoms with Crippen LogP contribution in [0.25, 0.3) is 0 Å². The fraction of sp³-hybridized carbons (Fsp3) is 0.800. The van der Waals surface area contributed by atoms with Crippen molar-refractivity contribution in [1.82, 2.24) is 0 Å². The highest BCUT2D eigenvalue weighted by atomic mass is 16.6. The topological polar surface area (TPSA) is 158 Å². The van der Waals surface area contributed by atoms with Crippen LogP contribution in [-0.2, 0) is 57.2 Å². The molecule has 0 aromatic carbocycles. The third kappa shape index (κ3) is 1.44. The average Bonchev–Trinajstić information content (AvgIpc) is 3.81. The SMILES string of the molecule is COC(=O)C(=O)OC12[C@@H]3C4C5[C@@H]6[C@@H]7[C@@H]([C@H]8C9C%10[C@@H]%11[C@H]([C@@H]3[C@H]%10C81C(=O)OC)[C@H]4C6(OC(=O)C(=O)OC)C%11(C(=O)OC)[C@@H]97)[C@H]52. The van der Waals surface area contributed by atoms with Crippen molar-refractivity contribution >= 4 is 35.8 Å². The number of methoxy groups -OCH3 is 4. The maximum Gasteiger partial charge on any atom is 0.418 e. The summed E-state index contributed by atoms with van der Waals surface area (Å²) in [7, 11) is 5.03. The third-order valence-corrected chi connectivity index (χ3v) is 16.1. The monoisotopic (exact) mass is 580 g/mol. The molecule has 0 aromatic heterocycles. The molecule has 20 atom stereocenters. The molecule has 12 aliphatic rings. The number of ether oxygens (including phenoxy) is 6. The second-order valence-corrected chi connectivity index (χ2v) is 14.9. The Balaban J connectivity index is 1.23. The van der Waals surface area contributed by atoms with Gasteiger partial charge in [-0.05, 0) is 71.0 Å². The van der Waals surface area contributed by atoms with E-state index in [1.165, 1.54) is 14.2 Å². The number of carbonyl (C=O) groups is 6. The lowest BCUT2D eigenvalue weighted by Crippen LogP contribution is -2.63. The molecule has 12 heteroatoms. The zero-order chi connectivity index (χ0) is 28.9. The third-order valence-electron chi connectivity index (χ3n) is 16.1. The summed E-state index contributed by atoms with van der Waals surface area (Å²) in [5, 5.41) is 0. The lowest BCUT2D eigenvalue weighted by atomic mass is 9.59. The Bertz CT molecular complexity index is 1400. The van der Waals surface area contributed by atoms with E-state index in [1.54, 1.807) is 0 Å². The first-order valence-electron chi connectivity index (χ1n) is 15.0. The molecule has 220 valence electrons. The summed E-state index contributed by atoms with van der Waals surface area (Å²) in [4.78, 5) is 80.5. The van der Waals surface area contributed by atoms with E-state index in [-0.39, 0.29) is 107 Å². The van der Waals surface area contributed by atoms with E-state index in [0.717, 1.165) is 14.2 Å². The van der Waals surface area contributed by atoms with E-state index >= 15 is 0 Å². The molecule has 0 N–H and O–H groups in total. The van der Waals surface area contributed by atoms with Crippen LogP contribution in [0.15, 0.2) is 0 Å². The molecule has 12 saturated carbocycles. The van der Waals surface area contributed by atoms with Gasteiger partial charge in [-0.3, -0.25) is 9.59 Å². The highest BCUT2D eigenvalue weighted by Crippen LogP contribution is 3.08. The Kier molecular flexibility index (Phi) is 3.30. The molecule has 42 heavy (non-hydrogen) atoms. The van der Waals surface area contributed by atoms with Crippen molar-refractivity contribution in [3.05, 3.63) is 0 Å². The predicted octanol–water partition coefficient (Wildman–Crippen LogP) is -0.776. The van der Waals surface area contributed by atoms with Crippen LogP contribution in [0.1, 0.15) is 0 Å². The second-order valence-electron chi connectivity index (χ2n) is 14.9. The van der Waals surface area contributed by atoms with Crippen LogP contribution in [0, 0.1) is 106 Å². The number of rotatable bonds is 4. The molecule has 8 unspecified atom stereocenters. The van der Waals surface area contributed by atoms with Crippen LogP contribution in [0.4, 0.5) is 0 Å². The van der Waals surface area contributed by atoms with Gasteiger partial charge >= 0.3 is 35.8 Å². The molecule has 12 rings (SSSR count). The number of hydrogen-bond acceptors (Lipinski definition) is 12. The first-order valence-corrected chi connectivity index (χ1v) is 15.0. The van der Waals surface area contributed by atoms with Gasteiger partial charge < -0.3 is 28.4 Å². The second kappa shape index (κ2) is 5.95. The lowest BCUT2D eigenvalue weighted by molar-refractivity contribution is -0.215. The molecular weight excluding hydrogens is 552 g/mol. The summed E-state index contributed by atoms with van der Waals surface area (Å²) in [6, 6.07) is 0. The predicted molar refractivity (Wildman–Crippen MR) is 126 cm³/mol. The first-order chi connectivity index (χ1) is 20.2. The Morgan fingerprint density at radius 1 is 0.381 bits per heavy atom. The molecule has 12 fully saturated rings. The molecule has 0 bridgehead atoms. The van der Waals surface area contributed by atoms with Crippen molar-refractivity contribution < 1.29 is 57.2 Å². The average molecular weight is 581 g/mol. The van der Waals surface area contributed by atoms with Crippen molar-refractivity contribution in [1.29, 1.82) is 0 Å². The van der Waals surface area contributed by atoms with Gasteiger partial charge in [0.15, 0.2) is 0 Å². The minimum atomic E-state index is -1.21. The van der Waals surface area contributed by atoms with Gasteiger partial charge in [0, 0.05) is 23.7 Å². The Morgan fingerprint density at radius 2 is 0.643 bits per heavy atom. The van der Waals surface area contributed by atoms with Gasteiger partial charge in [0.2, 0.25) is 0 Å². The number of hydrogen-bond donors (Lipinski definition) is 0. The lowest BCUT2D eigenvalue weighted by Gasteiger charge is -2.49. The van der Waals surface area contributed by atoms with Gasteiger partial charge in [0.1, 0.15) is 22.0 Å². The highest BCUT2D eigenvalue weighted by molar-refractivity contribution is 6.30. The van der Waals surface area contributed by atoms with Crippen molar-refractivity contribution in [3.8, 4) is 0 Å². The van der Waals surface area contributed by atoms with E-state index in [4.69, 9.17) is 28.4 Å². The standard InChI is InChI=1S/C30H28O12/c1-37-21(31)23(33)41-29-17-7-9-15-5-6-14(27(29,13(5)7)25(35)39-3)8-10-16(6)28(15,26(36)40-4)30(42-24(34)22(32)38-2)19(9)11(17)12(18(8)29)20(10)30/h5-20H,1-4H3/t5?,6?,7-,8+,9+,10-,11?,12?,13+,14-,15-,16+,17+,18-,19-,20+,27?,28?,29?,30?. The van der Waals surface area contributed by atoms with Crippen molar-refractivity contribution in [2.45, 2.75) is 11.2 Å². The zero-order valence-corrected chi connectivity index (χ0v) is 23.1. The van der Waals surface area contributed by atoms with Crippen LogP contribution in [0.2, 0.25) is 0 Å². The molecule has 0 aliphatic heterocycles. The normalized spacial score (nSPS) is 63.7. The smallest absolute Gasteiger partial charge is 0.418 e. The van der Waals surface area contributed by atoms with Gasteiger partial charge in [-0.2, -0.15) is 0 Å². The molecule has 0 saturated heterocycles. The van der Waals surface area contributed by atoms with Crippen LogP contribution in [0.5, 0.6) is 0 Å². The fourth-order valence-corrected chi connectivity index (χ4v) is 17.6. The number of carbonyl (C=O) groups excluding carboxylic acids is 6. The van der Waals surface area contributed by atoms with Gasteiger partial charge in [-0.1, -0.05) is 0 Å². The summed E-state index contributed by atoms with van der Waals surface area (Å²) >= 11 is 0. The Morgan fingerprint density at radius 3 is 0.905 bits per heavy atom. The Labute approximate surface area is 238 Å². The molecule has 0 amide bonds. The summed E-state index contributed by atoms with van der Waals surface area (Å²) in [6.07, 6.45) is 0. The maximum absolute atomic E-state index is 14.4. The molecule has 0 radical (unpaired) electrons. The van der Waals surface area contributed by atoms with Crippen molar-refractivity contribution in [2.24, 2.45) is 106 Å². The van der Waals surface area contributed by atoms with Gasteiger partial charge in [0.05, 0.1) is 28.4 Å². The van der Waals surface area contributed by atoms with Gasteiger partial charge in [-0.15, -0.1) is 0 Å². The highest BCUT2D eigenvalue weighted by Gasteiger charge is 3.13. The van der Waals surface area contributed by atoms with Crippen molar-refractivity contribution in [2.75, 3.05) is 28.4 Å². The van der Waals surface area contributed by atoms with Crippen LogP contribution in [0.3, 0.4) is 0 Å². The largest absolute Gasteiger partial charge is 0.468 e. The summed E-state index contributed by atoms with van der Waals surface area (Å²) in [6.45, 7) is 0. The van der Waals surface area contributed by atoms with Crippen LogP contribution >= 0.6 is 0 Å². The minimum absolute atomic E-state index is 0.0411. The minimum Gasteiger partial charge on any atom is -0.468 e. The molecule has 0 aromatic rings. The van der Waals surface area contributed by atoms with E-state index < -0.39 is 45.9 Å². The molecule has 12 aliphatic carbocycles. The van der Waals surface area contributed by atoms with E-state index in [1.807, 2.05) is 0 Å².